The number of hydrogen-bond acceptors (Lipinski definition) is 5. The molecule has 2 aromatic heterocycles. The Morgan fingerprint density at radius 1 is 1.34 bits per heavy atom. The van der Waals surface area contributed by atoms with Crippen LogP contribution in [0.3, 0.4) is 0 Å². The number of fused-ring (bicyclic) bond motifs is 1. The molecule has 4 rings (SSSR count). The lowest BCUT2D eigenvalue weighted by molar-refractivity contribution is -0.142. The van der Waals surface area contributed by atoms with Crippen molar-refractivity contribution in [1.82, 2.24) is 25.3 Å². The summed E-state index contributed by atoms with van der Waals surface area (Å²) in [7, 11) is 2.05. The molecule has 2 saturated heterocycles. The van der Waals surface area contributed by atoms with Crippen molar-refractivity contribution < 1.29 is 14.1 Å². The van der Waals surface area contributed by atoms with Crippen molar-refractivity contribution in [3.63, 3.8) is 0 Å². The molecular formula is C21H29N5O3. The van der Waals surface area contributed by atoms with Gasteiger partial charge in [0.25, 0.3) is 5.91 Å². The van der Waals surface area contributed by atoms with Gasteiger partial charge < -0.3 is 24.6 Å². The number of aromatic amines is 1. The SMILES string of the molecule is Cc1cc(CNC(=O)[C@@]23CCCN(C(=O)c4cc[nH]c4C)[C@H]2CN(C)CC3)on1. The minimum Gasteiger partial charge on any atom is -0.365 e. The number of rotatable bonds is 4. The standard InChI is InChI=1S/C21H29N5O3/c1-14-11-16(29-24-14)12-23-20(28)21-6-4-9-26(18(21)13-25(3)10-7-21)19(27)17-5-8-22-15(17)2/h5,8,11,18,22H,4,6-7,9-10,12-13H2,1-3H3,(H,23,28)/t18-,21+/m0/s1. The van der Waals surface area contributed by atoms with Gasteiger partial charge in [0.05, 0.1) is 29.3 Å². The number of nitrogens with one attached hydrogen (secondary N) is 2. The first-order valence-electron chi connectivity index (χ1n) is 10.2. The normalized spacial score (nSPS) is 24.9. The molecule has 2 atom stereocenters. The Bertz CT molecular complexity index is 904. The van der Waals surface area contributed by atoms with E-state index in [4.69, 9.17) is 4.52 Å². The Balaban J connectivity index is 1.58. The molecule has 0 unspecified atom stereocenters. The number of H-pyrrole nitrogens is 1. The van der Waals surface area contributed by atoms with Crippen LogP contribution in [0.4, 0.5) is 0 Å². The quantitative estimate of drug-likeness (QED) is 0.818. The zero-order chi connectivity index (χ0) is 20.6. The van der Waals surface area contributed by atoms with E-state index in [0.29, 0.717) is 31.0 Å². The first-order valence-corrected chi connectivity index (χ1v) is 10.2. The number of aromatic nitrogens is 2. The lowest BCUT2D eigenvalue weighted by Crippen LogP contribution is -2.66. The fourth-order valence-corrected chi connectivity index (χ4v) is 4.83. The van der Waals surface area contributed by atoms with Crippen molar-refractivity contribution in [3.05, 3.63) is 41.0 Å². The Labute approximate surface area is 170 Å². The first-order chi connectivity index (χ1) is 13.9. The monoisotopic (exact) mass is 399 g/mol. The Morgan fingerprint density at radius 3 is 2.86 bits per heavy atom. The van der Waals surface area contributed by atoms with E-state index in [2.05, 4.69) is 27.4 Å². The number of hydrogen-bond donors (Lipinski definition) is 2. The van der Waals surface area contributed by atoms with Crippen LogP contribution >= 0.6 is 0 Å². The van der Waals surface area contributed by atoms with Crippen LogP contribution in [-0.4, -0.2) is 64.5 Å². The fourth-order valence-electron chi connectivity index (χ4n) is 4.83. The molecule has 8 nitrogen and oxygen atoms in total. The Kier molecular flexibility index (Phi) is 5.21. The van der Waals surface area contributed by atoms with Gasteiger partial charge in [-0.05, 0) is 52.8 Å². The van der Waals surface area contributed by atoms with Gasteiger partial charge in [0.15, 0.2) is 5.76 Å². The molecule has 0 saturated carbocycles. The molecule has 2 fully saturated rings. The number of amides is 2. The predicted molar refractivity (Wildman–Crippen MR) is 107 cm³/mol. The van der Waals surface area contributed by atoms with Crippen molar-refractivity contribution in [2.24, 2.45) is 5.41 Å². The van der Waals surface area contributed by atoms with Gasteiger partial charge in [-0.15, -0.1) is 0 Å². The van der Waals surface area contributed by atoms with Gasteiger partial charge in [0.2, 0.25) is 5.91 Å². The van der Waals surface area contributed by atoms with E-state index in [-0.39, 0.29) is 17.9 Å². The van der Waals surface area contributed by atoms with E-state index in [9.17, 15) is 9.59 Å². The summed E-state index contributed by atoms with van der Waals surface area (Å²) in [6, 6.07) is 3.51. The maximum Gasteiger partial charge on any atom is 0.255 e. The van der Waals surface area contributed by atoms with Crippen molar-refractivity contribution in [2.75, 3.05) is 26.7 Å². The second kappa shape index (κ2) is 7.67. The summed E-state index contributed by atoms with van der Waals surface area (Å²) in [5.41, 5.74) is 1.77. The molecule has 2 amide bonds. The van der Waals surface area contributed by atoms with Crippen LogP contribution in [0.5, 0.6) is 0 Å². The van der Waals surface area contributed by atoms with Crippen LogP contribution in [0.25, 0.3) is 0 Å². The summed E-state index contributed by atoms with van der Waals surface area (Å²) in [5.74, 6) is 0.656. The third-order valence-electron chi connectivity index (χ3n) is 6.46. The van der Waals surface area contributed by atoms with Crippen LogP contribution in [0.15, 0.2) is 22.9 Å². The number of likely N-dealkylation sites (tertiary alicyclic amines) is 2. The molecule has 0 aliphatic carbocycles. The van der Waals surface area contributed by atoms with E-state index in [1.54, 1.807) is 6.20 Å². The second-order valence-corrected chi connectivity index (χ2v) is 8.42. The van der Waals surface area contributed by atoms with Gasteiger partial charge in [0.1, 0.15) is 0 Å². The van der Waals surface area contributed by atoms with Crippen LogP contribution in [0, 0.1) is 19.3 Å². The molecule has 2 aliphatic rings. The number of piperidine rings is 2. The largest absolute Gasteiger partial charge is 0.365 e. The van der Waals surface area contributed by atoms with Crippen molar-refractivity contribution in [2.45, 2.75) is 45.7 Å². The number of nitrogens with zero attached hydrogens (tertiary/aromatic N) is 3. The van der Waals surface area contributed by atoms with Gasteiger partial charge in [-0.1, -0.05) is 5.16 Å². The molecule has 156 valence electrons. The van der Waals surface area contributed by atoms with Crippen LogP contribution in [0.2, 0.25) is 0 Å². The van der Waals surface area contributed by atoms with Crippen molar-refractivity contribution in [1.29, 1.82) is 0 Å². The van der Waals surface area contributed by atoms with Gasteiger partial charge in [0, 0.05) is 31.0 Å². The topological polar surface area (TPSA) is 94.5 Å². The molecule has 0 aromatic carbocycles. The summed E-state index contributed by atoms with van der Waals surface area (Å²) in [5, 5.41) is 6.94. The highest BCUT2D eigenvalue weighted by molar-refractivity contribution is 5.96. The lowest BCUT2D eigenvalue weighted by atomic mass is 9.67. The van der Waals surface area contributed by atoms with Crippen LogP contribution in [0.1, 0.15) is 46.8 Å². The zero-order valence-corrected chi connectivity index (χ0v) is 17.3. The number of carbonyl (C=O) groups excluding carboxylic acids is 2. The van der Waals surface area contributed by atoms with Crippen LogP contribution < -0.4 is 5.32 Å². The highest BCUT2D eigenvalue weighted by Crippen LogP contribution is 2.43. The third kappa shape index (κ3) is 3.57. The second-order valence-electron chi connectivity index (χ2n) is 8.42. The maximum absolute atomic E-state index is 13.4. The molecule has 0 radical (unpaired) electrons. The first kappa shape index (κ1) is 19.7. The highest BCUT2D eigenvalue weighted by atomic mass is 16.5. The minimum atomic E-state index is -0.570. The van der Waals surface area contributed by atoms with E-state index in [0.717, 1.165) is 37.2 Å². The average molecular weight is 399 g/mol. The predicted octanol–water partition coefficient (Wildman–Crippen LogP) is 1.86. The Morgan fingerprint density at radius 2 is 2.17 bits per heavy atom. The minimum absolute atomic E-state index is 0.00628. The summed E-state index contributed by atoms with van der Waals surface area (Å²) in [4.78, 5) is 34.0. The number of carbonyl (C=O) groups is 2. The average Bonchev–Trinajstić information content (AvgIpc) is 3.33. The maximum atomic E-state index is 13.4. The van der Waals surface area contributed by atoms with E-state index < -0.39 is 5.41 Å². The molecule has 2 aliphatic heterocycles. The van der Waals surface area contributed by atoms with Gasteiger partial charge in [-0.2, -0.15) is 0 Å². The summed E-state index contributed by atoms with van der Waals surface area (Å²) < 4.78 is 5.23. The zero-order valence-electron chi connectivity index (χ0n) is 17.3. The van der Waals surface area contributed by atoms with Gasteiger partial charge in [-0.3, -0.25) is 9.59 Å². The lowest BCUT2D eigenvalue weighted by Gasteiger charge is -2.53. The number of likely N-dealkylation sites (N-methyl/N-ethyl adjacent to an activating group) is 1. The van der Waals surface area contributed by atoms with Gasteiger partial charge >= 0.3 is 0 Å². The number of aryl methyl sites for hydroxylation is 2. The molecule has 4 heterocycles. The smallest absolute Gasteiger partial charge is 0.255 e. The highest BCUT2D eigenvalue weighted by Gasteiger charge is 2.53. The van der Waals surface area contributed by atoms with E-state index in [1.165, 1.54) is 0 Å². The third-order valence-corrected chi connectivity index (χ3v) is 6.46. The summed E-state index contributed by atoms with van der Waals surface area (Å²) >= 11 is 0. The summed E-state index contributed by atoms with van der Waals surface area (Å²) in [6.45, 7) is 6.30. The molecule has 29 heavy (non-hydrogen) atoms. The van der Waals surface area contributed by atoms with Crippen LogP contribution in [-0.2, 0) is 11.3 Å². The molecule has 2 aromatic rings. The molecule has 0 bridgehead atoms. The molecular weight excluding hydrogens is 370 g/mol. The van der Waals surface area contributed by atoms with Crippen molar-refractivity contribution in [3.8, 4) is 0 Å². The summed E-state index contributed by atoms with van der Waals surface area (Å²) in [6.07, 6.45) is 4.15. The molecule has 0 spiro atoms. The van der Waals surface area contributed by atoms with E-state index >= 15 is 0 Å². The van der Waals surface area contributed by atoms with Crippen molar-refractivity contribution >= 4 is 11.8 Å². The fraction of sp³-hybridized carbons (Fsp3) is 0.571. The molecule has 2 N–H and O–H groups in total. The van der Waals surface area contributed by atoms with E-state index in [1.807, 2.05) is 30.9 Å². The van der Waals surface area contributed by atoms with Gasteiger partial charge in [-0.25, -0.2) is 0 Å². The Hall–Kier alpha value is -2.61. The molecule has 8 heteroatoms.